The van der Waals surface area contributed by atoms with Crippen molar-refractivity contribution in [3.05, 3.63) is 63.3 Å². The van der Waals surface area contributed by atoms with Gasteiger partial charge in [0.1, 0.15) is 5.75 Å². The fraction of sp³-hybridized carbons (Fsp3) is 0.133. The molecule has 0 atom stereocenters. The zero-order chi connectivity index (χ0) is 17.0. The van der Waals surface area contributed by atoms with E-state index in [0.717, 1.165) is 6.20 Å². The molecule has 0 bridgehead atoms. The Morgan fingerprint density at radius 3 is 2.30 bits per heavy atom. The van der Waals surface area contributed by atoms with E-state index in [1.165, 1.54) is 32.2 Å². The van der Waals surface area contributed by atoms with Crippen molar-refractivity contribution in [1.29, 1.82) is 0 Å². The zero-order valence-electron chi connectivity index (χ0n) is 12.4. The lowest BCUT2D eigenvalue weighted by Crippen LogP contribution is -2.30. The molecule has 0 aliphatic carbocycles. The standard InChI is InChI=1S/C15H13N3O5/c1-9-7-11(8-16-13(9)18(21)22)15(20)17-14(19)10-3-5-12(23-2)6-4-10/h3-8H,1-2H3,(H,17,19,20). The van der Waals surface area contributed by atoms with Crippen LogP contribution >= 0.6 is 0 Å². The van der Waals surface area contributed by atoms with Gasteiger partial charge in [0.2, 0.25) is 0 Å². The Hall–Kier alpha value is -3.29. The molecule has 2 rings (SSSR count). The maximum absolute atomic E-state index is 12.0. The van der Waals surface area contributed by atoms with Crippen LogP contribution in [0.15, 0.2) is 36.5 Å². The molecule has 0 aliphatic rings. The summed E-state index contributed by atoms with van der Waals surface area (Å²) in [4.78, 5) is 37.7. The second-order valence-electron chi connectivity index (χ2n) is 4.63. The summed E-state index contributed by atoms with van der Waals surface area (Å²) in [6, 6.07) is 7.53. The number of nitrogens with one attached hydrogen (secondary N) is 1. The van der Waals surface area contributed by atoms with Crippen LogP contribution in [0.1, 0.15) is 26.3 Å². The van der Waals surface area contributed by atoms with Crippen molar-refractivity contribution in [2.24, 2.45) is 0 Å². The number of carbonyl (C=O) groups excluding carboxylic acids is 2. The number of hydrogen-bond acceptors (Lipinski definition) is 6. The number of ether oxygens (including phenoxy) is 1. The molecule has 0 spiro atoms. The first-order valence-corrected chi connectivity index (χ1v) is 6.53. The summed E-state index contributed by atoms with van der Waals surface area (Å²) in [6.07, 6.45) is 1.06. The van der Waals surface area contributed by atoms with Gasteiger partial charge in [-0.25, -0.2) is 0 Å². The second kappa shape index (κ2) is 6.65. The van der Waals surface area contributed by atoms with Gasteiger partial charge in [-0.1, -0.05) is 0 Å². The molecular weight excluding hydrogens is 302 g/mol. The van der Waals surface area contributed by atoms with E-state index in [9.17, 15) is 19.7 Å². The van der Waals surface area contributed by atoms with Gasteiger partial charge in [-0.05, 0) is 47.2 Å². The largest absolute Gasteiger partial charge is 0.497 e. The van der Waals surface area contributed by atoms with Gasteiger partial charge in [-0.2, -0.15) is 0 Å². The zero-order valence-corrected chi connectivity index (χ0v) is 12.4. The first-order valence-electron chi connectivity index (χ1n) is 6.53. The van der Waals surface area contributed by atoms with Crippen LogP contribution in [0.2, 0.25) is 0 Å². The lowest BCUT2D eigenvalue weighted by Gasteiger charge is -2.05. The van der Waals surface area contributed by atoms with E-state index in [0.29, 0.717) is 5.75 Å². The molecule has 1 aromatic carbocycles. The van der Waals surface area contributed by atoms with Gasteiger partial charge in [0.25, 0.3) is 11.8 Å². The van der Waals surface area contributed by atoms with Crippen molar-refractivity contribution in [3.8, 4) is 5.75 Å². The number of methoxy groups -OCH3 is 1. The van der Waals surface area contributed by atoms with E-state index in [1.807, 2.05) is 0 Å². The van der Waals surface area contributed by atoms with Crippen LogP contribution in [-0.2, 0) is 0 Å². The predicted octanol–water partition coefficient (Wildman–Crippen LogP) is 1.88. The third-order valence-electron chi connectivity index (χ3n) is 3.07. The van der Waals surface area contributed by atoms with Crippen molar-refractivity contribution >= 4 is 17.6 Å². The molecule has 0 fully saturated rings. The number of nitrogens with zero attached hydrogens (tertiary/aromatic N) is 2. The Morgan fingerprint density at radius 1 is 1.17 bits per heavy atom. The fourth-order valence-corrected chi connectivity index (χ4v) is 1.87. The molecule has 1 N–H and O–H groups in total. The summed E-state index contributed by atoms with van der Waals surface area (Å²) in [5.41, 5.74) is 0.584. The van der Waals surface area contributed by atoms with Crippen molar-refractivity contribution < 1.29 is 19.2 Å². The minimum Gasteiger partial charge on any atom is -0.497 e. The molecule has 0 unspecified atom stereocenters. The summed E-state index contributed by atoms with van der Waals surface area (Å²) >= 11 is 0. The predicted molar refractivity (Wildman–Crippen MR) is 80.4 cm³/mol. The highest BCUT2D eigenvalue weighted by Crippen LogP contribution is 2.15. The first-order chi connectivity index (χ1) is 10.9. The lowest BCUT2D eigenvalue weighted by molar-refractivity contribution is -0.390. The molecule has 1 heterocycles. The van der Waals surface area contributed by atoms with Gasteiger partial charge >= 0.3 is 5.82 Å². The number of carbonyl (C=O) groups is 2. The number of hydrogen-bond donors (Lipinski definition) is 1. The number of nitro groups is 1. The highest BCUT2D eigenvalue weighted by atomic mass is 16.6. The van der Waals surface area contributed by atoms with Crippen molar-refractivity contribution in [1.82, 2.24) is 10.3 Å². The molecular formula is C15H13N3O5. The van der Waals surface area contributed by atoms with Gasteiger partial charge in [0.15, 0.2) is 6.20 Å². The molecule has 2 amide bonds. The fourth-order valence-electron chi connectivity index (χ4n) is 1.87. The first kappa shape index (κ1) is 16.1. The number of aromatic nitrogens is 1. The van der Waals surface area contributed by atoms with Gasteiger partial charge < -0.3 is 14.9 Å². The van der Waals surface area contributed by atoms with Crippen LogP contribution in [0, 0.1) is 17.0 Å². The molecule has 0 aliphatic heterocycles. The molecule has 0 saturated carbocycles. The van der Waals surface area contributed by atoms with Crippen LogP contribution in [0.4, 0.5) is 5.82 Å². The van der Waals surface area contributed by atoms with Gasteiger partial charge in [0.05, 0.1) is 12.7 Å². The molecule has 0 radical (unpaired) electrons. The van der Waals surface area contributed by atoms with Crippen LogP contribution < -0.4 is 10.1 Å². The number of imide groups is 1. The van der Waals surface area contributed by atoms with Crippen molar-refractivity contribution in [3.63, 3.8) is 0 Å². The van der Waals surface area contributed by atoms with Crippen molar-refractivity contribution in [2.45, 2.75) is 6.92 Å². The Morgan fingerprint density at radius 2 is 1.78 bits per heavy atom. The second-order valence-corrected chi connectivity index (χ2v) is 4.63. The molecule has 1 aromatic heterocycles. The van der Waals surface area contributed by atoms with E-state index < -0.39 is 16.7 Å². The molecule has 2 aromatic rings. The lowest BCUT2D eigenvalue weighted by atomic mass is 10.1. The summed E-state index contributed by atoms with van der Waals surface area (Å²) in [5.74, 6) is -1.02. The highest BCUT2D eigenvalue weighted by molar-refractivity contribution is 6.10. The van der Waals surface area contributed by atoms with Gasteiger partial charge in [0, 0.05) is 11.1 Å². The van der Waals surface area contributed by atoms with E-state index in [1.54, 1.807) is 12.1 Å². The van der Waals surface area contributed by atoms with E-state index in [-0.39, 0.29) is 22.5 Å². The Bertz CT molecular complexity index is 771. The van der Waals surface area contributed by atoms with Crippen LogP contribution in [0.3, 0.4) is 0 Å². The smallest absolute Gasteiger partial charge is 0.366 e. The summed E-state index contributed by atoms with van der Waals surface area (Å²) in [7, 11) is 1.50. The van der Waals surface area contributed by atoms with Crippen molar-refractivity contribution in [2.75, 3.05) is 7.11 Å². The van der Waals surface area contributed by atoms with Crippen LogP contribution in [0.25, 0.3) is 0 Å². The number of pyridine rings is 1. The van der Waals surface area contributed by atoms with Gasteiger partial charge in [-0.3, -0.25) is 14.9 Å². The van der Waals surface area contributed by atoms with Crippen LogP contribution in [-0.4, -0.2) is 28.8 Å². The minimum absolute atomic E-state index is 0.0648. The summed E-state index contributed by atoms with van der Waals surface area (Å²) in [6.45, 7) is 1.47. The summed E-state index contributed by atoms with van der Waals surface area (Å²) in [5, 5.41) is 12.9. The quantitative estimate of drug-likeness (QED) is 0.524. The highest BCUT2D eigenvalue weighted by Gasteiger charge is 2.18. The van der Waals surface area contributed by atoms with E-state index >= 15 is 0 Å². The topological polar surface area (TPSA) is 111 Å². The molecule has 118 valence electrons. The Balaban J connectivity index is 2.13. The maximum atomic E-state index is 12.0. The number of amides is 2. The van der Waals surface area contributed by atoms with Gasteiger partial charge in [-0.15, -0.1) is 0 Å². The molecule has 8 heteroatoms. The third kappa shape index (κ3) is 3.67. The monoisotopic (exact) mass is 315 g/mol. The Labute approximate surface area is 131 Å². The number of rotatable bonds is 4. The normalized spacial score (nSPS) is 10.0. The molecule has 0 saturated heterocycles. The average molecular weight is 315 g/mol. The van der Waals surface area contributed by atoms with E-state index in [4.69, 9.17) is 4.74 Å². The number of benzene rings is 1. The molecule has 23 heavy (non-hydrogen) atoms. The molecule has 8 nitrogen and oxygen atoms in total. The third-order valence-corrected chi connectivity index (χ3v) is 3.07. The van der Waals surface area contributed by atoms with E-state index in [2.05, 4.69) is 10.3 Å². The van der Waals surface area contributed by atoms with Crippen LogP contribution in [0.5, 0.6) is 5.75 Å². The SMILES string of the molecule is COc1ccc(C(=O)NC(=O)c2cnc([N+](=O)[O-])c(C)c2)cc1. The average Bonchev–Trinajstić information content (AvgIpc) is 2.54. The maximum Gasteiger partial charge on any atom is 0.366 e. The summed E-state index contributed by atoms with van der Waals surface area (Å²) < 4.78 is 4.98. The Kier molecular flexibility index (Phi) is 4.65. The number of aryl methyl sites for hydroxylation is 1. The minimum atomic E-state index is -0.684.